The molecule has 0 aromatic heterocycles. The number of hydrogen-bond donors (Lipinski definition) is 1. The third-order valence-electron chi connectivity index (χ3n) is 6.04. The second kappa shape index (κ2) is 8.76. The van der Waals surface area contributed by atoms with Crippen molar-refractivity contribution in [2.24, 2.45) is 0 Å². The monoisotopic (exact) mass is 428 g/mol. The first-order valence-corrected chi connectivity index (χ1v) is 11.9. The quantitative estimate of drug-likeness (QED) is 0.730. The number of ether oxygens (including phenoxy) is 1. The minimum absolute atomic E-state index is 0.0829. The molecule has 0 spiro atoms. The summed E-state index contributed by atoms with van der Waals surface area (Å²) in [5, 5.41) is 22.3. The van der Waals surface area contributed by atoms with E-state index in [1.807, 2.05) is 50.2 Å². The first-order chi connectivity index (χ1) is 14.3. The second-order valence-corrected chi connectivity index (χ2v) is 9.76. The van der Waals surface area contributed by atoms with Crippen LogP contribution in [0.1, 0.15) is 62.3 Å². The highest BCUT2D eigenvalue weighted by Gasteiger charge is 2.48. The fourth-order valence-electron chi connectivity index (χ4n) is 4.31. The Morgan fingerprint density at radius 2 is 1.97 bits per heavy atom. The molecule has 0 fully saturated rings. The molecule has 2 atom stereocenters. The number of unbranched alkanes of at least 4 members (excludes halogenated alkanes) is 1. The molecular weight excluding hydrogens is 400 g/mol. The van der Waals surface area contributed by atoms with Crippen LogP contribution < -0.4 is 4.74 Å². The van der Waals surface area contributed by atoms with E-state index in [-0.39, 0.29) is 16.2 Å². The van der Waals surface area contributed by atoms with Crippen LogP contribution in [0, 0.1) is 11.3 Å². The van der Waals surface area contributed by atoms with Crippen molar-refractivity contribution in [2.45, 2.75) is 56.0 Å². The molecule has 2 aromatic carbocycles. The fourth-order valence-corrected chi connectivity index (χ4v) is 6.48. The standard InChI is InChI=1S/C23H28N2O4S/c1-4-6-12-23(5-2)16-30(27,28)21-13-18(15-24)20(29-3)14-19(21)22(25(23)26)17-10-8-7-9-11-17/h7-11,13-14,22,26H,4-6,12,16H2,1-3H3/t22-,23-/m1/s1. The molecule has 6 nitrogen and oxygen atoms in total. The van der Waals surface area contributed by atoms with Gasteiger partial charge >= 0.3 is 0 Å². The summed E-state index contributed by atoms with van der Waals surface area (Å²) in [5.74, 6) is 0.0823. The Kier molecular flexibility index (Phi) is 6.51. The molecule has 0 bridgehead atoms. The van der Waals surface area contributed by atoms with E-state index in [4.69, 9.17) is 4.74 Å². The molecule has 1 heterocycles. The number of sulfone groups is 1. The Morgan fingerprint density at radius 1 is 1.27 bits per heavy atom. The van der Waals surface area contributed by atoms with Crippen molar-refractivity contribution in [1.82, 2.24) is 5.06 Å². The molecule has 0 aliphatic carbocycles. The Balaban J connectivity index is 2.36. The lowest BCUT2D eigenvalue weighted by Crippen LogP contribution is -2.51. The first-order valence-electron chi connectivity index (χ1n) is 10.2. The summed E-state index contributed by atoms with van der Waals surface area (Å²) in [6.07, 6.45) is 2.72. The summed E-state index contributed by atoms with van der Waals surface area (Å²) in [7, 11) is -2.32. The molecule has 7 heteroatoms. The van der Waals surface area contributed by atoms with Gasteiger partial charge in [-0.15, -0.1) is 0 Å². The Labute approximate surface area is 178 Å². The highest BCUT2D eigenvalue weighted by atomic mass is 32.2. The van der Waals surface area contributed by atoms with Crippen LogP contribution in [-0.4, -0.2) is 37.1 Å². The molecule has 1 aliphatic heterocycles. The van der Waals surface area contributed by atoms with Gasteiger partial charge < -0.3 is 9.94 Å². The normalized spacial score (nSPS) is 23.2. The maximum absolute atomic E-state index is 13.5. The van der Waals surface area contributed by atoms with E-state index in [2.05, 4.69) is 0 Å². The Bertz CT molecular complexity index is 1050. The molecule has 0 unspecified atom stereocenters. The zero-order chi connectivity index (χ0) is 21.9. The summed E-state index contributed by atoms with van der Waals surface area (Å²) in [5.41, 5.74) is 0.425. The number of hydrogen-bond acceptors (Lipinski definition) is 6. The van der Waals surface area contributed by atoms with Gasteiger partial charge in [0.05, 0.1) is 34.9 Å². The van der Waals surface area contributed by atoms with E-state index in [1.165, 1.54) is 18.2 Å². The zero-order valence-electron chi connectivity index (χ0n) is 17.6. The van der Waals surface area contributed by atoms with Gasteiger partial charge in [-0.2, -0.15) is 10.3 Å². The molecule has 2 aromatic rings. The minimum atomic E-state index is -3.77. The number of nitrogens with zero attached hydrogens (tertiary/aromatic N) is 2. The Morgan fingerprint density at radius 3 is 2.53 bits per heavy atom. The van der Waals surface area contributed by atoms with Crippen LogP contribution >= 0.6 is 0 Å². The van der Waals surface area contributed by atoms with Crippen molar-refractivity contribution in [3.63, 3.8) is 0 Å². The summed E-state index contributed by atoms with van der Waals surface area (Å²) in [6, 6.07) is 13.7. The van der Waals surface area contributed by atoms with Gasteiger partial charge in [-0.05, 0) is 36.1 Å². The van der Waals surface area contributed by atoms with Crippen molar-refractivity contribution in [3.8, 4) is 11.8 Å². The SMILES string of the molecule is CCCC[C@]1(CC)CS(=O)(=O)c2cc(C#N)c(OC)cc2[C@@H](c2ccccc2)N1O. The van der Waals surface area contributed by atoms with Crippen molar-refractivity contribution in [1.29, 1.82) is 5.26 Å². The minimum Gasteiger partial charge on any atom is -0.495 e. The van der Waals surface area contributed by atoms with Crippen LogP contribution in [0.3, 0.4) is 0 Å². The topological polar surface area (TPSA) is 90.6 Å². The lowest BCUT2D eigenvalue weighted by atomic mass is 9.87. The van der Waals surface area contributed by atoms with E-state index in [1.54, 1.807) is 6.07 Å². The maximum Gasteiger partial charge on any atom is 0.180 e. The molecule has 0 amide bonds. The average Bonchev–Trinajstić information content (AvgIpc) is 2.83. The van der Waals surface area contributed by atoms with Crippen molar-refractivity contribution in [2.75, 3.05) is 12.9 Å². The van der Waals surface area contributed by atoms with Crippen LogP contribution in [0.15, 0.2) is 47.4 Å². The van der Waals surface area contributed by atoms with Crippen molar-refractivity contribution < 1.29 is 18.4 Å². The first kappa shape index (κ1) is 22.3. The number of benzene rings is 2. The lowest BCUT2D eigenvalue weighted by Gasteiger charge is -2.42. The number of fused-ring (bicyclic) bond motifs is 1. The van der Waals surface area contributed by atoms with Crippen LogP contribution in [0.2, 0.25) is 0 Å². The summed E-state index contributed by atoms with van der Waals surface area (Å²) >= 11 is 0. The van der Waals surface area contributed by atoms with Crippen molar-refractivity contribution in [3.05, 3.63) is 59.2 Å². The highest BCUT2D eigenvalue weighted by molar-refractivity contribution is 7.91. The number of nitriles is 1. The number of hydroxylamine groups is 2. The maximum atomic E-state index is 13.5. The number of rotatable bonds is 6. The smallest absolute Gasteiger partial charge is 0.180 e. The van der Waals surface area contributed by atoms with E-state index in [0.717, 1.165) is 18.4 Å². The molecule has 30 heavy (non-hydrogen) atoms. The molecule has 3 rings (SSSR count). The predicted molar refractivity (Wildman–Crippen MR) is 114 cm³/mol. The van der Waals surface area contributed by atoms with Crippen LogP contribution in [0.25, 0.3) is 0 Å². The van der Waals surface area contributed by atoms with E-state index in [9.17, 15) is 18.9 Å². The summed E-state index contributed by atoms with van der Waals surface area (Å²) < 4.78 is 32.4. The van der Waals surface area contributed by atoms with Gasteiger partial charge in [-0.1, -0.05) is 57.0 Å². The third kappa shape index (κ3) is 3.83. The average molecular weight is 429 g/mol. The molecular formula is C23H28N2O4S. The summed E-state index contributed by atoms with van der Waals surface area (Å²) in [6.45, 7) is 3.96. The van der Waals surface area contributed by atoms with Gasteiger partial charge in [-0.25, -0.2) is 8.42 Å². The largest absolute Gasteiger partial charge is 0.495 e. The van der Waals surface area contributed by atoms with Gasteiger partial charge in [0.1, 0.15) is 11.8 Å². The molecule has 0 radical (unpaired) electrons. The predicted octanol–water partition coefficient (Wildman–Crippen LogP) is 4.47. The molecule has 1 aliphatic rings. The highest BCUT2D eigenvalue weighted by Crippen LogP contribution is 2.45. The molecule has 0 saturated heterocycles. The van der Waals surface area contributed by atoms with E-state index in [0.29, 0.717) is 24.2 Å². The van der Waals surface area contributed by atoms with Crippen molar-refractivity contribution >= 4 is 9.84 Å². The summed E-state index contributed by atoms with van der Waals surface area (Å²) in [4.78, 5) is 0.0829. The molecule has 1 N–H and O–H groups in total. The van der Waals surface area contributed by atoms with E-state index >= 15 is 0 Å². The third-order valence-corrected chi connectivity index (χ3v) is 7.98. The lowest BCUT2D eigenvalue weighted by molar-refractivity contribution is -0.193. The van der Waals surface area contributed by atoms with E-state index < -0.39 is 21.4 Å². The number of methoxy groups -OCH3 is 1. The fraction of sp³-hybridized carbons (Fsp3) is 0.435. The van der Waals surface area contributed by atoms with Gasteiger partial charge in [0.2, 0.25) is 0 Å². The molecule has 160 valence electrons. The van der Waals surface area contributed by atoms with Gasteiger partial charge in [0, 0.05) is 0 Å². The zero-order valence-corrected chi connectivity index (χ0v) is 18.4. The van der Waals surface area contributed by atoms with Gasteiger partial charge in [0.15, 0.2) is 9.84 Å². The van der Waals surface area contributed by atoms with Crippen LogP contribution in [0.4, 0.5) is 0 Å². The second-order valence-electron chi connectivity index (χ2n) is 7.80. The Hall–Kier alpha value is -2.40. The van der Waals surface area contributed by atoms with Gasteiger partial charge in [-0.3, -0.25) is 0 Å². The van der Waals surface area contributed by atoms with Crippen LogP contribution in [-0.2, 0) is 9.84 Å². The molecule has 0 saturated carbocycles. The van der Waals surface area contributed by atoms with Crippen LogP contribution in [0.5, 0.6) is 5.75 Å². The van der Waals surface area contributed by atoms with Gasteiger partial charge in [0.25, 0.3) is 0 Å².